The summed E-state index contributed by atoms with van der Waals surface area (Å²) in [6.45, 7) is 3.02. The summed E-state index contributed by atoms with van der Waals surface area (Å²) in [6, 6.07) is 6.97. The molecule has 6 heteroatoms. The van der Waals surface area contributed by atoms with Crippen LogP contribution in [0.4, 0.5) is 0 Å². The van der Waals surface area contributed by atoms with Crippen molar-refractivity contribution < 1.29 is 9.59 Å². The van der Waals surface area contributed by atoms with E-state index in [1.165, 1.54) is 0 Å². The monoisotopic (exact) mass is 323 g/mol. The van der Waals surface area contributed by atoms with E-state index in [-0.39, 0.29) is 11.8 Å². The molecule has 0 radical (unpaired) electrons. The predicted octanol–water partition coefficient (Wildman–Crippen LogP) is 1.75. The number of rotatable bonds is 4. The highest BCUT2D eigenvalue weighted by Gasteiger charge is 2.22. The Morgan fingerprint density at radius 1 is 1.14 bits per heavy atom. The van der Waals surface area contributed by atoms with Crippen molar-refractivity contribution >= 4 is 23.4 Å². The lowest BCUT2D eigenvalue weighted by atomic mass is 10.2. The minimum absolute atomic E-state index is 0.0289. The zero-order valence-electron chi connectivity index (χ0n) is 12.6. The normalized spacial score (nSPS) is 15.5. The fourth-order valence-corrected chi connectivity index (χ4v) is 2.78. The van der Waals surface area contributed by atoms with E-state index in [0.29, 0.717) is 56.2 Å². The average molecular weight is 324 g/mol. The van der Waals surface area contributed by atoms with Gasteiger partial charge in [-0.05, 0) is 37.6 Å². The standard InChI is InChI=1S/C16H22ClN3O2/c17-14-5-1-4-13(12-14)16(22)20-9-3-8-19(10-11-20)15(21)6-2-7-18/h1,4-5,12H,2-3,6-11,18H2. The van der Waals surface area contributed by atoms with E-state index in [9.17, 15) is 9.59 Å². The summed E-state index contributed by atoms with van der Waals surface area (Å²) in [6.07, 6.45) is 1.99. The second-order valence-electron chi connectivity index (χ2n) is 5.43. The van der Waals surface area contributed by atoms with Gasteiger partial charge in [-0.3, -0.25) is 9.59 Å². The van der Waals surface area contributed by atoms with E-state index >= 15 is 0 Å². The first-order valence-corrected chi connectivity index (χ1v) is 8.02. The van der Waals surface area contributed by atoms with Gasteiger partial charge in [0, 0.05) is 43.2 Å². The molecule has 0 aromatic heterocycles. The molecular weight excluding hydrogens is 302 g/mol. The van der Waals surface area contributed by atoms with Gasteiger partial charge < -0.3 is 15.5 Å². The zero-order valence-corrected chi connectivity index (χ0v) is 13.4. The van der Waals surface area contributed by atoms with Crippen LogP contribution in [0.15, 0.2) is 24.3 Å². The molecule has 1 fully saturated rings. The Labute approximate surface area is 136 Å². The van der Waals surface area contributed by atoms with E-state index in [4.69, 9.17) is 17.3 Å². The summed E-state index contributed by atoms with van der Waals surface area (Å²) in [5.41, 5.74) is 6.03. The molecule has 1 aromatic rings. The van der Waals surface area contributed by atoms with Crippen LogP contribution < -0.4 is 5.73 Å². The Morgan fingerprint density at radius 3 is 2.59 bits per heavy atom. The largest absolute Gasteiger partial charge is 0.341 e. The van der Waals surface area contributed by atoms with Crippen molar-refractivity contribution in [1.29, 1.82) is 0 Å². The lowest BCUT2D eigenvalue weighted by Crippen LogP contribution is -2.37. The van der Waals surface area contributed by atoms with Crippen LogP contribution in [-0.2, 0) is 4.79 Å². The molecule has 1 aromatic carbocycles. The van der Waals surface area contributed by atoms with Gasteiger partial charge in [0.1, 0.15) is 0 Å². The SMILES string of the molecule is NCCCC(=O)N1CCCN(C(=O)c2cccc(Cl)c2)CC1. The highest BCUT2D eigenvalue weighted by molar-refractivity contribution is 6.30. The maximum absolute atomic E-state index is 12.5. The Hall–Kier alpha value is -1.59. The highest BCUT2D eigenvalue weighted by atomic mass is 35.5. The van der Waals surface area contributed by atoms with Crippen molar-refractivity contribution in [1.82, 2.24) is 9.80 Å². The van der Waals surface area contributed by atoms with Crippen LogP contribution >= 0.6 is 11.6 Å². The fourth-order valence-electron chi connectivity index (χ4n) is 2.59. The van der Waals surface area contributed by atoms with Gasteiger partial charge in [-0.1, -0.05) is 17.7 Å². The number of halogens is 1. The predicted molar refractivity (Wildman–Crippen MR) is 86.8 cm³/mol. The summed E-state index contributed by atoms with van der Waals surface area (Å²) in [4.78, 5) is 28.2. The third-order valence-corrected chi connectivity index (χ3v) is 4.04. The number of hydrogen-bond donors (Lipinski definition) is 1. The topological polar surface area (TPSA) is 66.6 Å². The molecule has 1 aliphatic rings. The fraction of sp³-hybridized carbons (Fsp3) is 0.500. The van der Waals surface area contributed by atoms with Crippen molar-refractivity contribution in [2.75, 3.05) is 32.7 Å². The van der Waals surface area contributed by atoms with Crippen LogP contribution in [-0.4, -0.2) is 54.3 Å². The molecule has 0 spiro atoms. The Kier molecular flexibility index (Phi) is 6.21. The van der Waals surface area contributed by atoms with E-state index in [2.05, 4.69) is 0 Å². The molecule has 2 rings (SSSR count). The van der Waals surface area contributed by atoms with Crippen LogP contribution in [0.25, 0.3) is 0 Å². The third kappa shape index (κ3) is 4.45. The summed E-state index contributed by atoms with van der Waals surface area (Å²) in [7, 11) is 0. The smallest absolute Gasteiger partial charge is 0.253 e. The van der Waals surface area contributed by atoms with E-state index in [1.54, 1.807) is 29.2 Å². The molecule has 1 aliphatic heterocycles. The van der Waals surface area contributed by atoms with Gasteiger partial charge in [-0.15, -0.1) is 0 Å². The molecule has 0 saturated carbocycles. The zero-order chi connectivity index (χ0) is 15.9. The minimum Gasteiger partial charge on any atom is -0.341 e. The average Bonchev–Trinajstić information content (AvgIpc) is 2.78. The van der Waals surface area contributed by atoms with Crippen LogP contribution in [0.3, 0.4) is 0 Å². The molecule has 0 aliphatic carbocycles. The second kappa shape index (κ2) is 8.15. The molecule has 0 atom stereocenters. The summed E-state index contributed by atoms with van der Waals surface area (Å²) in [5.74, 6) is 0.0984. The first kappa shape index (κ1) is 16.8. The Balaban J connectivity index is 1.95. The molecule has 22 heavy (non-hydrogen) atoms. The molecule has 120 valence electrons. The Bertz CT molecular complexity index is 536. The van der Waals surface area contributed by atoms with Gasteiger partial charge in [-0.2, -0.15) is 0 Å². The lowest BCUT2D eigenvalue weighted by Gasteiger charge is -2.22. The summed E-state index contributed by atoms with van der Waals surface area (Å²) in [5, 5.41) is 0.555. The summed E-state index contributed by atoms with van der Waals surface area (Å²) >= 11 is 5.94. The van der Waals surface area contributed by atoms with Gasteiger partial charge in [0.2, 0.25) is 5.91 Å². The first-order valence-electron chi connectivity index (χ1n) is 7.64. The lowest BCUT2D eigenvalue weighted by molar-refractivity contribution is -0.131. The maximum atomic E-state index is 12.5. The molecule has 1 saturated heterocycles. The van der Waals surface area contributed by atoms with E-state index in [1.807, 2.05) is 4.90 Å². The van der Waals surface area contributed by atoms with Crippen molar-refractivity contribution in [3.8, 4) is 0 Å². The number of nitrogens with zero attached hydrogens (tertiary/aromatic N) is 2. The van der Waals surface area contributed by atoms with Crippen molar-refractivity contribution in [3.05, 3.63) is 34.9 Å². The van der Waals surface area contributed by atoms with Crippen LogP contribution in [0.1, 0.15) is 29.6 Å². The molecule has 0 bridgehead atoms. The third-order valence-electron chi connectivity index (χ3n) is 3.80. The number of hydrogen-bond acceptors (Lipinski definition) is 3. The van der Waals surface area contributed by atoms with E-state index in [0.717, 1.165) is 6.42 Å². The molecule has 2 N–H and O–H groups in total. The van der Waals surface area contributed by atoms with Gasteiger partial charge >= 0.3 is 0 Å². The van der Waals surface area contributed by atoms with Crippen molar-refractivity contribution in [2.24, 2.45) is 5.73 Å². The van der Waals surface area contributed by atoms with Gasteiger partial charge in [-0.25, -0.2) is 0 Å². The van der Waals surface area contributed by atoms with Crippen molar-refractivity contribution in [3.63, 3.8) is 0 Å². The van der Waals surface area contributed by atoms with Crippen molar-refractivity contribution in [2.45, 2.75) is 19.3 Å². The quantitative estimate of drug-likeness (QED) is 0.918. The van der Waals surface area contributed by atoms with Crippen LogP contribution in [0.5, 0.6) is 0 Å². The van der Waals surface area contributed by atoms with Gasteiger partial charge in [0.15, 0.2) is 0 Å². The second-order valence-corrected chi connectivity index (χ2v) is 5.87. The van der Waals surface area contributed by atoms with Crippen LogP contribution in [0.2, 0.25) is 5.02 Å². The number of nitrogens with two attached hydrogens (primary N) is 1. The molecular formula is C16H22ClN3O2. The molecule has 5 nitrogen and oxygen atoms in total. The number of amides is 2. The van der Waals surface area contributed by atoms with Crippen LogP contribution in [0, 0.1) is 0 Å². The number of carbonyl (C=O) groups excluding carboxylic acids is 2. The number of carbonyl (C=O) groups is 2. The summed E-state index contributed by atoms with van der Waals surface area (Å²) < 4.78 is 0. The Morgan fingerprint density at radius 2 is 1.86 bits per heavy atom. The van der Waals surface area contributed by atoms with Gasteiger partial charge in [0.05, 0.1) is 0 Å². The highest BCUT2D eigenvalue weighted by Crippen LogP contribution is 2.14. The molecule has 0 unspecified atom stereocenters. The first-order chi connectivity index (χ1) is 10.6. The molecule has 2 amide bonds. The molecule has 1 heterocycles. The van der Waals surface area contributed by atoms with Gasteiger partial charge in [0.25, 0.3) is 5.91 Å². The maximum Gasteiger partial charge on any atom is 0.253 e. The minimum atomic E-state index is -0.0289. The number of benzene rings is 1. The van der Waals surface area contributed by atoms with E-state index < -0.39 is 0 Å².